The molecule has 0 aliphatic rings. The number of rotatable bonds is 5. The van der Waals surface area contributed by atoms with Gasteiger partial charge < -0.3 is 9.84 Å². The number of aliphatic carboxylic acids is 1. The molecule has 0 saturated carbocycles. The van der Waals surface area contributed by atoms with Crippen LogP contribution in [0.15, 0.2) is 51.9 Å². The molecule has 4 nitrogen and oxygen atoms in total. The number of nitrogens with zero attached hydrogens (tertiary/aromatic N) is 1. The lowest BCUT2D eigenvalue weighted by atomic mass is 10.2. The van der Waals surface area contributed by atoms with Crippen LogP contribution in [0, 0.1) is 6.92 Å². The Bertz CT molecular complexity index is 666. The highest BCUT2D eigenvalue weighted by atomic mass is 79.9. The summed E-state index contributed by atoms with van der Waals surface area (Å²) in [5, 5.41) is 8.69. The maximum Gasteiger partial charge on any atom is 0.341 e. The minimum atomic E-state index is -1.01. The van der Waals surface area contributed by atoms with E-state index in [0.29, 0.717) is 11.3 Å². The van der Waals surface area contributed by atoms with Crippen molar-refractivity contribution in [2.75, 3.05) is 6.61 Å². The first kappa shape index (κ1) is 15.3. The zero-order valence-corrected chi connectivity index (χ0v) is 13.0. The van der Waals surface area contributed by atoms with E-state index in [9.17, 15) is 4.79 Å². The molecule has 2 rings (SSSR count). The summed E-state index contributed by atoms with van der Waals surface area (Å²) in [6.07, 6.45) is 1.66. The molecule has 1 N–H and O–H groups in total. The third-order valence-electron chi connectivity index (χ3n) is 2.71. The Balaban J connectivity index is 2.22. The SMILES string of the molecule is Cc1ccc(N=Cc2cc(Br)ccc2OCC(=O)O)cc1. The summed E-state index contributed by atoms with van der Waals surface area (Å²) in [4.78, 5) is 15.0. The minimum Gasteiger partial charge on any atom is -0.481 e. The topological polar surface area (TPSA) is 58.9 Å². The zero-order chi connectivity index (χ0) is 15.2. The first-order valence-electron chi connectivity index (χ1n) is 6.29. The zero-order valence-electron chi connectivity index (χ0n) is 11.4. The summed E-state index contributed by atoms with van der Waals surface area (Å²) in [6.45, 7) is 1.63. The molecular formula is C16H14BrNO3. The minimum absolute atomic E-state index is 0.382. The first-order chi connectivity index (χ1) is 10.0. The van der Waals surface area contributed by atoms with Gasteiger partial charge in [0, 0.05) is 16.3 Å². The van der Waals surface area contributed by atoms with Gasteiger partial charge in [-0.1, -0.05) is 33.6 Å². The number of halogens is 1. The molecule has 0 atom stereocenters. The van der Waals surface area contributed by atoms with Gasteiger partial charge in [0.25, 0.3) is 0 Å². The van der Waals surface area contributed by atoms with Crippen LogP contribution in [0.5, 0.6) is 5.75 Å². The smallest absolute Gasteiger partial charge is 0.341 e. The van der Waals surface area contributed by atoms with E-state index in [1.165, 1.54) is 5.56 Å². The molecule has 0 saturated heterocycles. The van der Waals surface area contributed by atoms with E-state index in [1.54, 1.807) is 18.3 Å². The van der Waals surface area contributed by atoms with E-state index in [-0.39, 0.29) is 6.61 Å². The molecule has 0 bridgehead atoms. The van der Waals surface area contributed by atoms with Crippen molar-refractivity contribution in [1.29, 1.82) is 0 Å². The molecule has 0 aliphatic heterocycles. The van der Waals surface area contributed by atoms with Crippen molar-refractivity contribution in [1.82, 2.24) is 0 Å². The number of benzene rings is 2. The summed E-state index contributed by atoms with van der Waals surface area (Å²) in [7, 11) is 0. The van der Waals surface area contributed by atoms with E-state index >= 15 is 0 Å². The number of hydrogen-bond acceptors (Lipinski definition) is 3. The van der Waals surface area contributed by atoms with Crippen molar-refractivity contribution < 1.29 is 14.6 Å². The van der Waals surface area contributed by atoms with E-state index in [1.807, 2.05) is 37.3 Å². The molecule has 0 aliphatic carbocycles. The number of carboxylic acid groups (broad SMARTS) is 1. The third-order valence-corrected chi connectivity index (χ3v) is 3.20. The van der Waals surface area contributed by atoms with Crippen LogP contribution in [0.3, 0.4) is 0 Å². The van der Waals surface area contributed by atoms with Gasteiger partial charge in [-0.2, -0.15) is 0 Å². The molecule has 108 valence electrons. The lowest BCUT2D eigenvalue weighted by molar-refractivity contribution is -0.139. The monoisotopic (exact) mass is 347 g/mol. The van der Waals surface area contributed by atoms with Crippen molar-refractivity contribution in [2.45, 2.75) is 6.92 Å². The molecule has 2 aromatic carbocycles. The average molecular weight is 348 g/mol. The molecular weight excluding hydrogens is 334 g/mol. The van der Waals surface area contributed by atoms with Gasteiger partial charge in [0.1, 0.15) is 5.75 Å². The molecule has 21 heavy (non-hydrogen) atoms. The molecule has 5 heteroatoms. The Labute approximate surface area is 131 Å². The van der Waals surface area contributed by atoms with Crippen LogP contribution in [-0.2, 0) is 4.79 Å². The highest BCUT2D eigenvalue weighted by Crippen LogP contribution is 2.23. The van der Waals surface area contributed by atoms with Crippen molar-refractivity contribution in [3.05, 3.63) is 58.1 Å². The molecule has 0 spiro atoms. The number of carbonyl (C=O) groups is 1. The normalized spacial score (nSPS) is 10.8. The second-order valence-corrected chi connectivity index (χ2v) is 5.37. The van der Waals surface area contributed by atoms with Gasteiger partial charge in [-0.15, -0.1) is 0 Å². The van der Waals surface area contributed by atoms with E-state index in [2.05, 4.69) is 20.9 Å². The van der Waals surface area contributed by atoms with E-state index in [4.69, 9.17) is 9.84 Å². The van der Waals surface area contributed by atoms with Crippen molar-refractivity contribution in [3.63, 3.8) is 0 Å². The van der Waals surface area contributed by atoms with Gasteiger partial charge >= 0.3 is 5.97 Å². The van der Waals surface area contributed by atoms with Crippen LogP contribution in [-0.4, -0.2) is 23.9 Å². The quantitative estimate of drug-likeness (QED) is 0.832. The standard InChI is InChI=1S/C16H14BrNO3/c1-11-2-5-14(6-3-11)18-9-12-8-13(17)4-7-15(12)21-10-16(19)20/h2-9H,10H2,1H3,(H,19,20). The molecule has 0 unspecified atom stereocenters. The van der Waals surface area contributed by atoms with E-state index < -0.39 is 5.97 Å². The number of aryl methyl sites for hydroxylation is 1. The van der Waals surface area contributed by atoms with Gasteiger partial charge in [0.15, 0.2) is 6.61 Å². The summed E-state index contributed by atoms with van der Waals surface area (Å²) >= 11 is 3.38. The second kappa shape index (κ2) is 7.04. The lowest BCUT2D eigenvalue weighted by Crippen LogP contribution is -2.10. The van der Waals surface area contributed by atoms with Crippen LogP contribution in [0.4, 0.5) is 5.69 Å². The Kier molecular flexibility index (Phi) is 5.11. The molecule has 0 amide bonds. The van der Waals surface area contributed by atoms with Gasteiger partial charge in [0.05, 0.1) is 5.69 Å². The fourth-order valence-electron chi connectivity index (χ4n) is 1.67. The molecule has 0 aromatic heterocycles. The predicted octanol–water partition coefficient (Wildman–Crippen LogP) is 3.97. The lowest BCUT2D eigenvalue weighted by Gasteiger charge is -2.07. The van der Waals surface area contributed by atoms with Gasteiger partial charge in [0.2, 0.25) is 0 Å². The van der Waals surface area contributed by atoms with Crippen molar-refractivity contribution >= 4 is 33.8 Å². The Morgan fingerprint density at radius 3 is 2.67 bits per heavy atom. The average Bonchev–Trinajstić information content (AvgIpc) is 2.45. The van der Waals surface area contributed by atoms with Gasteiger partial charge in [-0.3, -0.25) is 4.99 Å². The summed E-state index contributed by atoms with van der Waals surface area (Å²) in [6, 6.07) is 13.1. The van der Waals surface area contributed by atoms with Crippen molar-refractivity contribution in [2.24, 2.45) is 4.99 Å². The Hall–Kier alpha value is -2.14. The predicted molar refractivity (Wildman–Crippen MR) is 85.7 cm³/mol. The maximum atomic E-state index is 10.6. The molecule has 0 radical (unpaired) electrons. The van der Waals surface area contributed by atoms with Gasteiger partial charge in [-0.05, 0) is 37.3 Å². The fourth-order valence-corrected chi connectivity index (χ4v) is 2.04. The first-order valence-corrected chi connectivity index (χ1v) is 7.09. The molecule has 2 aromatic rings. The summed E-state index contributed by atoms with van der Waals surface area (Å²) in [5.41, 5.74) is 2.71. The third kappa shape index (κ3) is 4.72. The summed E-state index contributed by atoms with van der Waals surface area (Å²) in [5.74, 6) is -0.532. The van der Waals surface area contributed by atoms with Crippen LogP contribution in [0.1, 0.15) is 11.1 Å². The number of hydrogen-bond donors (Lipinski definition) is 1. The number of carboxylic acids is 1. The Morgan fingerprint density at radius 2 is 2.00 bits per heavy atom. The molecule has 0 fully saturated rings. The van der Waals surface area contributed by atoms with Crippen LogP contribution < -0.4 is 4.74 Å². The Morgan fingerprint density at radius 1 is 1.29 bits per heavy atom. The number of ether oxygens (including phenoxy) is 1. The second-order valence-electron chi connectivity index (χ2n) is 4.46. The van der Waals surface area contributed by atoms with E-state index in [0.717, 1.165) is 10.2 Å². The van der Waals surface area contributed by atoms with Gasteiger partial charge in [-0.25, -0.2) is 4.79 Å². The molecule has 0 heterocycles. The van der Waals surface area contributed by atoms with Crippen molar-refractivity contribution in [3.8, 4) is 5.75 Å². The largest absolute Gasteiger partial charge is 0.481 e. The highest BCUT2D eigenvalue weighted by Gasteiger charge is 2.05. The summed E-state index contributed by atoms with van der Waals surface area (Å²) < 4.78 is 6.12. The van der Waals surface area contributed by atoms with Crippen LogP contribution in [0.25, 0.3) is 0 Å². The fraction of sp³-hybridized carbons (Fsp3) is 0.125. The number of aliphatic imine (C=N–C) groups is 1. The maximum absolute atomic E-state index is 10.6. The van der Waals surface area contributed by atoms with Crippen LogP contribution >= 0.6 is 15.9 Å². The van der Waals surface area contributed by atoms with Crippen LogP contribution in [0.2, 0.25) is 0 Å². The highest BCUT2D eigenvalue weighted by molar-refractivity contribution is 9.10.